The fourth-order valence-electron chi connectivity index (χ4n) is 2.73. The Bertz CT molecular complexity index is 398. The highest BCUT2D eigenvalue weighted by molar-refractivity contribution is 5.24. The van der Waals surface area contributed by atoms with Gasteiger partial charge in [0.1, 0.15) is 5.82 Å². The van der Waals surface area contributed by atoms with Crippen LogP contribution in [0, 0.1) is 5.92 Å². The zero-order chi connectivity index (χ0) is 11.7. The van der Waals surface area contributed by atoms with Gasteiger partial charge in [0.15, 0.2) is 0 Å². The summed E-state index contributed by atoms with van der Waals surface area (Å²) in [6.45, 7) is 3.19. The van der Waals surface area contributed by atoms with Crippen LogP contribution in [0.1, 0.15) is 55.7 Å². The first kappa shape index (κ1) is 11.1. The average molecular weight is 231 g/mol. The number of nitrogens with zero attached hydrogens (tertiary/aromatic N) is 2. The Kier molecular flexibility index (Phi) is 3.10. The molecule has 3 nitrogen and oxygen atoms in total. The smallest absolute Gasteiger partial charge is 0.128 e. The molecule has 0 radical (unpaired) electrons. The van der Waals surface area contributed by atoms with Gasteiger partial charge in [-0.2, -0.15) is 0 Å². The van der Waals surface area contributed by atoms with Crippen molar-refractivity contribution in [2.75, 3.05) is 6.54 Å². The normalized spacial score (nSPS) is 23.5. The molecule has 1 aromatic heterocycles. The molecule has 1 saturated carbocycles. The Labute approximate surface area is 103 Å². The molecule has 1 atom stereocenters. The van der Waals surface area contributed by atoms with Crippen LogP contribution in [0.5, 0.6) is 0 Å². The van der Waals surface area contributed by atoms with E-state index in [2.05, 4.69) is 23.4 Å². The van der Waals surface area contributed by atoms with Crippen LogP contribution >= 0.6 is 0 Å². The third-order valence-corrected chi connectivity index (χ3v) is 3.85. The molecule has 2 aliphatic rings. The number of aromatic nitrogens is 2. The molecule has 1 aromatic rings. The second kappa shape index (κ2) is 4.73. The van der Waals surface area contributed by atoms with E-state index in [1.54, 1.807) is 0 Å². The molecule has 0 aromatic carbocycles. The van der Waals surface area contributed by atoms with Gasteiger partial charge in [-0.3, -0.25) is 0 Å². The van der Waals surface area contributed by atoms with E-state index in [-0.39, 0.29) is 0 Å². The monoisotopic (exact) mass is 231 g/mol. The van der Waals surface area contributed by atoms with E-state index in [1.807, 2.05) is 0 Å². The predicted molar refractivity (Wildman–Crippen MR) is 67.8 cm³/mol. The number of fused-ring (bicyclic) bond motifs is 1. The fraction of sp³-hybridized carbons (Fsp3) is 0.714. The lowest BCUT2D eigenvalue weighted by molar-refractivity contribution is 0.462. The van der Waals surface area contributed by atoms with E-state index in [1.165, 1.54) is 36.9 Å². The first-order valence-electron chi connectivity index (χ1n) is 6.95. The van der Waals surface area contributed by atoms with E-state index in [0.29, 0.717) is 6.04 Å². The molecule has 17 heavy (non-hydrogen) atoms. The standard InChI is InChI=1S/C14H21N3/c1-2-15-12-4-3-5-13-11(12)9-16-14(17-13)8-10-6-7-10/h9-10,12,15H,2-8H2,1H3. The van der Waals surface area contributed by atoms with Gasteiger partial charge in [-0.1, -0.05) is 6.92 Å². The Balaban J connectivity index is 1.80. The molecule has 1 heterocycles. The van der Waals surface area contributed by atoms with Crippen LogP contribution in [0.4, 0.5) is 0 Å². The van der Waals surface area contributed by atoms with Crippen LogP contribution < -0.4 is 5.32 Å². The summed E-state index contributed by atoms with van der Waals surface area (Å²) in [5.74, 6) is 1.95. The van der Waals surface area contributed by atoms with Crippen LogP contribution in [0.15, 0.2) is 6.20 Å². The highest BCUT2D eigenvalue weighted by Gasteiger charge is 2.25. The maximum Gasteiger partial charge on any atom is 0.128 e. The van der Waals surface area contributed by atoms with Crippen LogP contribution in [-0.4, -0.2) is 16.5 Å². The van der Waals surface area contributed by atoms with Crippen molar-refractivity contribution in [3.05, 3.63) is 23.3 Å². The Morgan fingerprint density at radius 1 is 1.35 bits per heavy atom. The molecule has 0 saturated heterocycles. The molecule has 0 bridgehead atoms. The highest BCUT2D eigenvalue weighted by Crippen LogP contribution is 2.33. The molecule has 0 amide bonds. The molecule has 3 heteroatoms. The lowest BCUT2D eigenvalue weighted by atomic mass is 9.92. The van der Waals surface area contributed by atoms with Crippen molar-refractivity contribution in [2.24, 2.45) is 5.92 Å². The van der Waals surface area contributed by atoms with Gasteiger partial charge < -0.3 is 5.32 Å². The van der Waals surface area contributed by atoms with Gasteiger partial charge in [0.2, 0.25) is 0 Å². The van der Waals surface area contributed by atoms with Crippen LogP contribution in [0.3, 0.4) is 0 Å². The van der Waals surface area contributed by atoms with Crippen LogP contribution in [0.25, 0.3) is 0 Å². The summed E-state index contributed by atoms with van der Waals surface area (Å²) in [7, 11) is 0. The van der Waals surface area contributed by atoms with Crippen molar-refractivity contribution >= 4 is 0 Å². The van der Waals surface area contributed by atoms with Gasteiger partial charge in [0, 0.05) is 29.9 Å². The summed E-state index contributed by atoms with van der Waals surface area (Å²) in [6, 6.07) is 0.485. The quantitative estimate of drug-likeness (QED) is 0.864. The van der Waals surface area contributed by atoms with E-state index < -0.39 is 0 Å². The molecule has 0 aliphatic heterocycles. The Morgan fingerprint density at radius 2 is 2.24 bits per heavy atom. The minimum atomic E-state index is 0.485. The van der Waals surface area contributed by atoms with Crippen molar-refractivity contribution in [3.8, 4) is 0 Å². The second-order valence-electron chi connectivity index (χ2n) is 5.34. The topological polar surface area (TPSA) is 37.8 Å². The number of rotatable bonds is 4. The minimum Gasteiger partial charge on any atom is -0.310 e. The van der Waals surface area contributed by atoms with Gasteiger partial charge in [0.25, 0.3) is 0 Å². The molecule has 1 unspecified atom stereocenters. The van der Waals surface area contributed by atoms with E-state index in [0.717, 1.165) is 31.1 Å². The molecule has 1 N–H and O–H groups in total. The Hall–Kier alpha value is -0.960. The Morgan fingerprint density at radius 3 is 3.00 bits per heavy atom. The van der Waals surface area contributed by atoms with Crippen molar-refractivity contribution in [3.63, 3.8) is 0 Å². The van der Waals surface area contributed by atoms with Crippen LogP contribution in [0.2, 0.25) is 0 Å². The fourth-order valence-corrected chi connectivity index (χ4v) is 2.73. The summed E-state index contributed by atoms with van der Waals surface area (Å²) in [4.78, 5) is 9.33. The number of hydrogen-bond donors (Lipinski definition) is 1. The number of aryl methyl sites for hydroxylation is 1. The zero-order valence-corrected chi connectivity index (χ0v) is 10.6. The lowest BCUT2D eigenvalue weighted by Crippen LogP contribution is -2.26. The summed E-state index contributed by atoms with van der Waals surface area (Å²) in [5, 5.41) is 3.53. The molecule has 1 fully saturated rings. The van der Waals surface area contributed by atoms with Gasteiger partial charge in [-0.15, -0.1) is 0 Å². The number of hydrogen-bond acceptors (Lipinski definition) is 3. The lowest BCUT2D eigenvalue weighted by Gasteiger charge is -2.25. The van der Waals surface area contributed by atoms with Gasteiger partial charge >= 0.3 is 0 Å². The maximum atomic E-state index is 4.77. The van der Waals surface area contributed by atoms with E-state index in [9.17, 15) is 0 Å². The average Bonchev–Trinajstić information content (AvgIpc) is 3.13. The van der Waals surface area contributed by atoms with Crippen molar-refractivity contribution < 1.29 is 0 Å². The molecular weight excluding hydrogens is 210 g/mol. The highest BCUT2D eigenvalue weighted by atomic mass is 14.9. The SMILES string of the molecule is CCNC1CCCc2nc(CC3CC3)ncc21. The predicted octanol–water partition coefficient (Wildman–Crippen LogP) is 2.42. The third kappa shape index (κ3) is 2.49. The minimum absolute atomic E-state index is 0.485. The summed E-state index contributed by atoms with van der Waals surface area (Å²) >= 11 is 0. The number of nitrogens with one attached hydrogen (secondary N) is 1. The molecule has 3 rings (SSSR count). The molecule has 0 spiro atoms. The molecule has 92 valence electrons. The van der Waals surface area contributed by atoms with Gasteiger partial charge in [-0.25, -0.2) is 9.97 Å². The first-order valence-corrected chi connectivity index (χ1v) is 6.95. The second-order valence-corrected chi connectivity index (χ2v) is 5.34. The largest absolute Gasteiger partial charge is 0.310 e. The third-order valence-electron chi connectivity index (χ3n) is 3.85. The molecular formula is C14H21N3. The van der Waals surface area contributed by atoms with Crippen molar-refractivity contribution in [1.82, 2.24) is 15.3 Å². The van der Waals surface area contributed by atoms with Crippen molar-refractivity contribution in [1.29, 1.82) is 0 Å². The van der Waals surface area contributed by atoms with E-state index in [4.69, 9.17) is 4.98 Å². The summed E-state index contributed by atoms with van der Waals surface area (Å²) < 4.78 is 0. The van der Waals surface area contributed by atoms with Gasteiger partial charge in [-0.05, 0) is 44.6 Å². The summed E-state index contributed by atoms with van der Waals surface area (Å²) in [6.07, 6.45) is 9.54. The summed E-state index contributed by atoms with van der Waals surface area (Å²) in [5.41, 5.74) is 2.64. The zero-order valence-electron chi connectivity index (χ0n) is 10.6. The van der Waals surface area contributed by atoms with Crippen LogP contribution in [-0.2, 0) is 12.8 Å². The van der Waals surface area contributed by atoms with E-state index >= 15 is 0 Å². The maximum absolute atomic E-state index is 4.77. The molecule has 2 aliphatic carbocycles. The van der Waals surface area contributed by atoms with Gasteiger partial charge in [0.05, 0.1) is 0 Å². The van der Waals surface area contributed by atoms with Crippen molar-refractivity contribution in [2.45, 2.75) is 51.5 Å². The first-order chi connectivity index (χ1) is 8.36.